The standard InChI is InChI=1S/C25H28N2O3S/c1-19(2)22-16-10-11-17-23(22)27(31(3,29)30)18-24(28)26-25(20-12-6-4-7-13-20)21-14-8-5-9-15-21/h4-17,19,25H,18H2,1-3H3,(H,26,28). The van der Waals surface area contributed by atoms with Gasteiger partial charge in [0.05, 0.1) is 18.0 Å². The van der Waals surface area contributed by atoms with Crippen molar-refractivity contribution in [2.75, 3.05) is 17.1 Å². The molecule has 0 spiro atoms. The van der Waals surface area contributed by atoms with Crippen LogP contribution in [0.2, 0.25) is 0 Å². The number of carbonyl (C=O) groups excluding carboxylic acids is 1. The summed E-state index contributed by atoms with van der Waals surface area (Å²) in [6.45, 7) is 3.71. The third-order valence-electron chi connectivity index (χ3n) is 5.09. The highest BCUT2D eigenvalue weighted by Gasteiger charge is 2.25. The molecule has 0 saturated heterocycles. The largest absolute Gasteiger partial charge is 0.344 e. The quantitative estimate of drug-likeness (QED) is 0.566. The highest BCUT2D eigenvalue weighted by Crippen LogP contribution is 2.29. The minimum atomic E-state index is -3.66. The maximum absolute atomic E-state index is 13.1. The number of nitrogens with zero attached hydrogens (tertiary/aromatic N) is 1. The molecule has 0 aliphatic rings. The molecule has 3 aromatic rings. The lowest BCUT2D eigenvalue weighted by molar-refractivity contribution is -0.120. The van der Waals surface area contributed by atoms with Crippen LogP contribution in [0.1, 0.15) is 42.5 Å². The molecule has 0 unspecified atom stereocenters. The van der Waals surface area contributed by atoms with Gasteiger partial charge in [0.25, 0.3) is 0 Å². The van der Waals surface area contributed by atoms with Crippen molar-refractivity contribution in [1.82, 2.24) is 5.32 Å². The lowest BCUT2D eigenvalue weighted by atomic mass is 9.98. The zero-order valence-electron chi connectivity index (χ0n) is 18.0. The Hall–Kier alpha value is -3.12. The first-order valence-electron chi connectivity index (χ1n) is 10.2. The first-order chi connectivity index (χ1) is 14.8. The van der Waals surface area contributed by atoms with Crippen molar-refractivity contribution in [2.24, 2.45) is 0 Å². The van der Waals surface area contributed by atoms with E-state index in [1.165, 1.54) is 4.31 Å². The molecule has 0 aliphatic heterocycles. The van der Waals surface area contributed by atoms with Crippen LogP contribution in [0.4, 0.5) is 5.69 Å². The maximum Gasteiger partial charge on any atom is 0.241 e. The molecule has 0 bridgehead atoms. The summed E-state index contributed by atoms with van der Waals surface area (Å²) < 4.78 is 26.4. The Balaban J connectivity index is 1.91. The van der Waals surface area contributed by atoms with Crippen LogP contribution in [0.25, 0.3) is 0 Å². The van der Waals surface area contributed by atoms with Gasteiger partial charge in [-0.2, -0.15) is 0 Å². The molecule has 0 saturated carbocycles. The first-order valence-corrected chi connectivity index (χ1v) is 12.1. The minimum Gasteiger partial charge on any atom is -0.344 e. The number of carbonyl (C=O) groups is 1. The van der Waals surface area contributed by atoms with Gasteiger partial charge in [-0.3, -0.25) is 9.10 Å². The van der Waals surface area contributed by atoms with Gasteiger partial charge < -0.3 is 5.32 Å². The number of benzene rings is 3. The van der Waals surface area contributed by atoms with E-state index in [4.69, 9.17) is 0 Å². The van der Waals surface area contributed by atoms with E-state index in [1.807, 2.05) is 86.6 Å². The van der Waals surface area contributed by atoms with Crippen LogP contribution in [0.15, 0.2) is 84.9 Å². The molecular formula is C25H28N2O3S. The van der Waals surface area contributed by atoms with Gasteiger partial charge in [0, 0.05) is 0 Å². The summed E-state index contributed by atoms with van der Waals surface area (Å²) in [6.07, 6.45) is 1.13. The Morgan fingerprint density at radius 2 is 1.32 bits per heavy atom. The van der Waals surface area contributed by atoms with Crippen molar-refractivity contribution in [3.63, 3.8) is 0 Å². The molecule has 162 valence electrons. The summed E-state index contributed by atoms with van der Waals surface area (Å²) in [5.74, 6) is -0.258. The van der Waals surface area contributed by atoms with E-state index in [2.05, 4.69) is 5.32 Å². The Morgan fingerprint density at radius 1 is 0.839 bits per heavy atom. The van der Waals surface area contributed by atoms with Gasteiger partial charge in [0.1, 0.15) is 6.54 Å². The SMILES string of the molecule is CC(C)c1ccccc1N(CC(=O)NC(c1ccccc1)c1ccccc1)S(C)(=O)=O. The van der Waals surface area contributed by atoms with Gasteiger partial charge in [-0.05, 0) is 28.7 Å². The summed E-state index contributed by atoms with van der Waals surface area (Å²) in [5, 5.41) is 3.03. The fraction of sp³-hybridized carbons (Fsp3) is 0.240. The molecule has 5 nitrogen and oxygen atoms in total. The molecule has 0 atom stereocenters. The van der Waals surface area contributed by atoms with E-state index in [0.717, 1.165) is 22.9 Å². The van der Waals surface area contributed by atoms with Crippen molar-refractivity contribution >= 4 is 21.6 Å². The number of rotatable bonds is 8. The summed E-state index contributed by atoms with van der Waals surface area (Å²) >= 11 is 0. The Labute approximate surface area is 184 Å². The van der Waals surface area contributed by atoms with Crippen LogP contribution >= 0.6 is 0 Å². The van der Waals surface area contributed by atoms with Crippen molar-refractivity contribution in [3.05, 3.63) is 102 Å². The van der Waals surface area contributed by atoms with Gasteiger partial charge in [-0.15, -0.1) is 0 Å². The molecule has 3 aromatic carbocycles. The zero-order chi connectivity index (χ0) is 22.4. The van der Waals surface area contributed by atoms with Gasteiger partial charge in [-0.1, -0.05) is 92.7 Å². The van der Waals surface area contributed by atoms with E-state index < -0.39 is 10.0 Å². The van der Waals surface area contributed by atoms with E-state index in [1.54, 1.807) is 12.1 Å². The average molecular weight is 437 g/mol. The number of hydrogen-bond acceptors (Lipinski definition) is 3. The Morgan fingerprint density at radius 3 is 1.81 bits per heavy atom. The number of para-hydroxylation sites is 1. The maximum atomic E-state index is 13.1. The molecule has 3 rings (SSSR count). The summed E-state index contributed by atoms with van der Waals surface area (Å²) in [5.41, 5.74) is 3.26. The molecule has 0 aliphatic carbocycles. The molecular weight excluding hydrogens is 408 g/mol. The molecule has 6 heteroatoms. The van der Waals surface area contributed by atoms with Crippen molar-refractivity contribution in [2.45, 2.75) is 25.8 Å². The van der Waals surface area contributed by atoms with Crippen molar-refractivity contribution < 1.29 is 13.2 Å². The molecule has 31 heavy (non-hydrogen) atoms. The van der Waals surface area contributed by atoms with Crippen LogP contribution in [-0.2, 0) is 14.8 Å². The van der Waals surface area contributed by atoms with Crippen LogP contribution < -0.4 is 9.62 Å². The predicted molar refractivity (Wildman–Crippen MR) is 126 cm³/mol. The highest BCUT2D eigenvalue weighted by molar-refractivity contribution is 7.92. The molecule has 0 fully saturated rings. The monoisotopic (exact) mass is 436 g/mol. The molecule has 0 heterocycles. The van der Waals surface area contributed by atoms with Crippen LogP contribution in [0.3, 0.4) is 0 Å². The third kappa shape index (κ3) is 5.73. The Bertz CT molecular complexity index is 1070. The van der Waals surface area contributed by atoms with Gasteiger partial charge in [0.2, 0.25) is 15.9 Å². The van der Waals surface area contributed by atoms with E-state index in [0.29, 0.717) is 5.69 Å². The second-order valence-electron chi connectivity index (χ2n) is 7.81. The number of anilines is 1. The van der Waals surface area contributed by atoms with E-state index in [9.17, 15) is 13.2 Å². The minimum absolute atomic E-state index is 0.116. The lowest BCUT2D eigenvalue weighted by Gasteiger charge is -2.27. The summed E-state index contributed by atoms with van der Waals surface area (Å²) in [4.78, 5) is 13.1. The molecule has 1 N–H and O–H groups in total. The second kappa shape index (κ2) is 9.79. The fourth-order valence-electron chi connectivity index (χ4n) is 3.57. The second-order valence-corrected chi connectivity index (χ2v) is 9.71. The normalized spacial score (nSPS) is 11.5. The zero-order valence-corrected chi connectivity index (χ0v) is 18.8. The topological polar surface area (TPSA) is 66.5 Å². The van der Waals surface area contributed by atoms with Crippen LogP contribution in [0.5, 0.6) is 0 Å². The molecule has 1 amide bonds. The number of hydrogen-bond donors (Lipinski definition) is 1. The predicted octanol–water partition coefficient (Wildman–Crippen LogP) is 4.48. The van der Waals surface area contributed by atoms with Gasteiger partial charge in [-0.25, -0.2) is 8.42 Å². The number of amides is 1. The van der Waals surface area contributed by atoms with Crippen LogP contribution in [0, 0.1) is 0 Å². The molecule has 0 aromatic heterocycles. The fourth-order valence-corrected chi connectivity index (χ4v) is 4.45. The summed E-state index contributed by atoms with van der Waals surface area (Å²) in [7, 11) is -3.66. The summed E-state index contributed by atoms with van der Waals surface area (Å²) in [6, 6.07) is 26.2. The van der Waals surface area contributed by atoms with Crippen molar-refractivity contribution in [1.29, 1.82) is 0 Å². The molecule has 0 radical (unpaired) electrons. The van der Waals surface area contributed by atoms with Gasteiger partial charge in [0.15, 0.2) is 0 Å². The van der Waals surface area contributed by atoms with Crippen LogP contribution in [-0.4, -0.2) is 27.1 Å². The lowest BCUT2D eigenvalue weighted by Crippen LogP contribution is -2.42. The van der Waals surface area contributed by atoms with E-state index >= 15 is 0 Å². The van der Waals surface area contributed by atoms with E-state index in [-0.39, 0.29) is 24.4 Å². The van der Waals surface area contributed by atoms with Gasteiger partial charge >= 0.3 is 0 Å². The smallest absolute Gasteiger partial charge is 0.241 e. The average Bonchev–Trinajstić information content (AvgIpc) is 2.76. The third-order valence-corrected chi connectivity index (χ3v) is 6.21. The number of nitrogens with one attached hydrogen (secondary N) is 1. The highest BCUT2D eigenvalue weighted by atomic mass is 32.2. The number of sulfonamides is 1. The first kappa shape index (κ1) is 22.6. The van der Waals surface area contributed by atoms with Crippen molar-refractivity contribution in [3.8, 4) is 0 Å². The Kier molecular flexibility index (Phi) is 7.13.